The summed E-state index contributed by atoms with van der Waals surface area (Å²) in [5.41, 5.74) is 12.1. The van der Waals surface area contributed by atoms with E-state index in [4.69, 9.17) is 5.73 Å². The summed E-state index contributed by atoms with van der Waals surface area (Å²) >= 11 is 0. The monoisotopic (exact) mass is 228 g/mol. The van der Waals surface area contributed by atoms with Crippen LogP contribution in [0.5, 0.6) is 0 Å². The van der Waals surface area contributed by atoms with Crippen LogP contribution in [-0.2, 0) is 0 Å². The van der Waals surface area contributed by atoms with Crippen molar-refractivity contribution in [1.82, 2.24) is 4.90 Å². The number of nitrogens with zero attached hydrogens (tertiary/aromatic N) is 1. The Morgan fingerprint density at radius 3 is 2.53 bits per heavy atom. The van der Waals surface area contributed by atoms with Crippen molar-refractivity contribution in [1.29, 1.82) is 0 Å². The molecule has 0 spiro atoms. The molecule has 0 radical (unpaired) electrons. The lowest BCUT2D eigenvalue weighted by molar-refractivity contribution is 0.490. The van der Waals surface area contributed by atoms with E-state index in [1.807, 2.05) is 0 Å². The molecule has 0 aliphatic carbocycles. The van der Waals surface area contributed by atoms with Crippen LogP contribution in [0.1, 0.15) is 30.9 Å². The smallest absolute Gasteiger partial charge is 0.0452 e. The minimum absolute atomic E-state index is 0.214. The van der Waals surface area contributed by atoms with Crippen molar-refractivity contribution in [2.24, 2.45) is 5.73 Å². The molecule has 1 aliphatic heterocycles. The fourth-order valence-corrected chi connectivity index (χ4v) is 2.27. The third-order valence-corrected chi connectivity index (χ3v) is 3.59. The van der Waals surface area contributed by atoms with Crippen LogP contribution >= 0.6 is 0 Å². The zero-order valence-electron chi connectivity index (χ0n) is 11.0. The second-order valence-electron chi connectivity index (χ2n) is 4.80. The van der Waals surface area contributed by atoms with Crippen molar-refractivity contribution in [3.05, 3.63) is 58.6 Å². The first-order chi connectivity index (χ1) is 8.00. The first-order valence-electron chi connectivity index (χ1n) is 5.95. The van der Waals surface area contributed by atoms with E-state index in [0.29, 0.717) is 0 Å². The summed E-state index contributed by atoms with van der Waals surface area (Å²) < 4.78 is 0. The van der Waals surface area contributed by atoms with Gasteiger partial charge in [0.2, 0.25) is 0 Å². The van der Waals surface area contributed by atoms with Gasteiger partial charge < -0.3 is 10.6 Å². The molecule has 17 heavy (non-hydrogen) atoms. The Hall–Kier alpha value is -1.70. The minimum atomic E-state index is 0.214. The van der Waals surface area contributed by atoms with Crippen LogP contribution in [0.2, 0.25) is 0 Å². The molecule has 0 saturated heterocycles. The van der Waals surface area contributed by atoms with Crippen LogP contribution in [0.25, 0.3) is 0 Å². The Morgan fingerprint density at radius 2 is 1.88 bits per heavy atom. The number of nitrogens with two attached hydrogens (primary N) is 1. The van der Waals surface area contributed by atoms with Gasteiger partial charge in [0, 0.05) is 30.1 Å². The lowest BCUT2D eigenvalue weighted by atomic mass is 9.90. The van der Waals surface area contributed by atoms with Crippen molar-refractivity contribution in [3.8, 4) is 0 Å². The number of aryl methyl sites for hydroxylation is 1. The zero-order valence-corrected chi connectivity index (χ0v) is 11.0. The molecule has 1 aromatic carbocycles. The normalized spacial score (nSPS) is 20.6. The van der Waals surface area contributed by atoms with Crippen molar-refractivity contribution in [2.45, 2.75) is 26.7 Å². The SMILES string of the molecule is CC1=CC(c2cccc(C)c2)C(N)=C(C)N1C. The number of rotatable bonds is 1. The Kier molecular flexibility index (Phi) is 2.97. The summed E-state index contributed by atoms with van der Waals surface area (Å²) in [6, 6.07) is 8.56. The molecular formula is C15H20N2. The minimum Gasteiger partial charge on any atom is -0.400 e. The first-order valence-corrected chi connectivity index (χ1v) is 5.95. The molecule has 2 N–H and O–H groups in total. The molecule has 0 fully saturated rings. The van der Waals surface area contributed by atoms with Crippen LogP contribution in [0.3, 0.4) is 0 Å². The molecule has 0 aromatic heterocycles. The molecule has 0 saturated carbocycles. The number of benzene rings is 1. The molecular weight excluding hydrogens is 208 g/mol. The molecule has 90 valence electrons. The average Bonchev–Trinajstić information content (AvgIpc) is 2.31. The Morgan fingerprint density at radius 1 is 1.18 bits per heavy atom. The van der Waals surface area contributed by atoms with E-state index >= 15 is 0 Å². The first kappa shape index (κ1) is 11.8. The van der Waals surface area contributed by atoms with Crippen molar-refractivity contribution < 1.29 is 0 Å². The fraction of sp³-hybridized carbons (Fsp3) is 0.333. The highest BCUT2D eigenvalue weighted by Gasteiger charge is 2.21. The van der Waals surface area contributed by atoms with E-state index in [1.165, 1.54) is 16.8 Å². The summed E-state index contributed by atoms with van der Waals surface area (Å²) in [5.74, 6) is 0.214. The van der Waals surface area contributed by atoms with Crippen molar-refractivity contribution >= 4 is 0 Å². The Labute approximate surface area is 103 Å². The second-order valence-corrected chi connectivity index (χ2v) is 4.80. The maximum absolute atomic E-state index is 6.25. The van der Waals surface area contributed by atoms with E-state index in [1.54, 1.807) is 0 Å². The largest absolute Gasteiger partial charge is 0.400 e. The zero-order chi connectivity index (χ0) is 12.6. The lowest BCUT2D eigenvalue weighted by Crippen LogP contribution is -2.26. The van der Waals surface area contributed by atoms with E-state index in [-0.39, 0.29) is 5.92 Å². The standard InChI is InChI=1S/C15H20N2/c1-10-6-5-7-13(8-10)14-9-11(2)17(4)12(3)15(14)16/h5-9,14H,16H2,1-4H3. The number of allylic oxidation sites excluding steroid dienone is 3. The maximum Gasteiger partial charge on any atom is 0.0452 e. The van der Waals surface area contributed by atoms with Crippen molar-refractivity contribution in [2.75, 3.05) is 7.05 Å². The summed E-state index contributed by atoms with van der Waals surface area (Å²) in [7, 11) is 2.06. The summed E-state index contributed by atoms with van der Waals surface area (Å²) in [5, 5.41) is 0. The molecule has 2 nitrogen and oxygen atoms in total. The molecule has 2 heteroatoms. The van der Waals surface area contributed by atoms with Gasteiger partial charge in [-0.3, -0.25) is 0 Å². The van der Waals surface area contributed by atoms with Crippen LogP contribution in [-0.4, -0.2) is 11.9 Å². The third-order valence-electron chi connectivity index (χ3n) is 3.59. The van der Waals surface area contributed by atoms with E-state index < -0.39 is 0 Å². The highest BCUT2D eigenvalue weighted by atomic mass is 15.1. The quantitative estimate of drug-likeness (QED) is 0.800. The summed E-state index contributed by atoms with van der Waals surface area (Å²) in [4.78, 5) is 2.14. The molecule has 0 amide bonds. The summed E-state index contributed by atoms with van der Waals surface area (Å²) in [6.07, 6.45) is 2.23. The number of hydrogen-bond donors (Lipinski definition) is 1. The van der Waals surface area contributed by atoms with Gasteiger partial charge >= 0.3 is 0 Å². The molecule has 1 aliphatic rings. The molecule has 1 heterocycles. The van der Waals surface area contributed by atoms with Crippen LogP contribution in [0.15, 0.2) is 47.4 Å². The predicted octanol–water partition coefficient (Wildman–Crippen LogP) is 3.12. The highest BCUT2D eigenvalue weighted by molar-refractivity contribution is 5.40. The molecule has 0 bridgehead atoms. The molecule has 1 unspecified atom stereocenters. The maximum atomic E-state index is 6.25. The van der Waals surface area contributed by atoms with Crippen LogP contribution < -0.4 is 5.73 Å². The van der Waals surface area contributed by atoms with Gasteiger partial charge in [-0.15, -0.1) is 0 Å². The third kappa shape index (κ3) is 2.07. The Bertz CT molecular complexity index is 497. The molecule has 1 atom stereocenters. The van der Waals surface area contributed by atoms with E-state index in [0.717, 1.165) is 11.4 Å². The van der Waals surface area contributed by atoms with Gasteiger partial charge in [-0.2, -0.15) is 0 Å². The topological polar surface area (TPSA) is 29.3 Å². The van der Waals surface area contributed by atoms with Gasteiger partial charge in [-0.1, -0.05) is 35.9 Å². The predicted molar refractivity (Wildman–Crippen MR) is 72.3 cm³/mol. The van der Waals surface area contributed by atoms with Crippen LogP contribution in [0, 0.1) is 6.92 Å². The second kappa shape index (κ2) is 4.28. The van der Waals surface area contributed by atoms with Gasteiger partial charge in [0.05, 0.1) is 0 Å². The average molecular weight is 228 g/mol. The van der Waals surface area contributed by atoms with E-state index in [9.17, 15) is 0 Å². The fourth-order valence-electron chi connectivity index (χ4n) is 2.27. The van der Waals surface area contributed by atoms with Gasteiger partial charge in [-0.05, 0) is 26.3 Å². The number of hydrogen-bond acceptors (Lipinski definition) is 2. The Balaban J connectivity index is 2.46. The summed E-state index contributed by atoms with van der Waals surface area (Å²) in [6.45, 7) is 6.31. The lowest BCUT2D eigenvalue weighted by Gasteiger charge is -2.31. The van der Waals surface area contributed by atoms with Crippen molar-refractivity contribution in [3.63, 3.8) is 0 Å². The van der Waals surface area contributed by atoms with Gasteiger partial charge in [0.1, 0.15) is 0 Å². The van der Waals surface area contributed by atoms with E-state index in [2.05, 4.69) is 63.1 Å². The molecule has 2 rings (SSSR count). The molecule has 1 aromatic rings. The van der Waals surface area contributed by atoms with Crippen LogP contribution in [0.4, 0.5) is 0 Å². The van der Waals surface area contributed by atoms with Gasteiger partial charge in [0.25, 0.3) is 0 Å². The van der Waals surface area contributed by atoms with Gasteiger partial charge in [0.15, 0.2) is 0 Å². The van der Waals surface area contributed by atoms with Gasteiger partial charge in [-0.25, -0.2) is 0 Å². The highest BCUT2D eigenvalue weighted by Crippen LogP contribution is 2.32.